The van der Waals surface area contributed by atoms with E-state index in [1.54, 1.807) is 0 Å². The smallest absolute Gasteiger partial charge is 0.170 e. The van der Waals surface area contributed by atoms with Crippen LogP contribution in [0.5, 0.6) is 17.2 Å². The molecule has 0 aromatic heterocycles. The zero-order chi connectivity index (χ0) is 64.1. The average molecular weight is 1280 g/mol. The minimum absolute atomic E-state index is 0.0881. The summed E-state index contributed by atoms with van der Waals surface area (Å²) in [6.07, 6.45) is 5.84. The molecule has 0 amide bonds. The van der Waals surface area contributed by atoms with Gasteiger partial charge in [-0.15, -0.1) is 0 Å². The monoisotopic (exact) mass is 1280 g/mol. The highest BCUT2D eigenvalue weighted by Gasteiger charge is 2.20. The van der Waals surface area contributed by atoms with Crippen LogP contribution in [0.1, 0.15) is 222 Å². The Balaban J connectivity index is 0.000000526. The molecule has 0 atom stereocenters. The van der Waals surface area contributed by atoms with Gasteiger partial charge in [0, 0.05) is 58.6 Å². The molecule has 0 aliphatic rings. The standard InChI is InChI=1S/C16H23BrO2.C15H21BrO.2C15H22O2.C13H18O/c1-11(2)8-12(18)10-19-13-6-7-14(15(17)9-13)16(3,4)5;1-10(2)8-14(17)11-6-7-12(13(16)9-11)15(3,4)5;1-10(2)6-14(16)9-17-15-8-11(3)7-12(4)13(15)5;1-4-5-10-17-14-8-6-13(7-9-14)15(16)11-12(2)3;1-10(2)8-13(14)9-12-6-4-11(3)5-7-12/h6-7,9,11H,8,10H2,1-5H3;6-7,9-10H,8H2,1-5H3;7-8,10H,6,9H2,1-5H3;6-9,12H,4-5,10-11H2,1-3H3;4-7,10H,8-9H2,1-3H3. The Labute approximate surface area is 526 Å². The number of carbonyl (C=O) groups is 5. The van der Waals surface area contributed by atoms with Gasteiger partial charge in [-0.1, -0.05) is 210 Å². The van der Waals surface area contributed by atoms with E-state index in [1.807, 2.05) is 114 Å². The van der Waals surface area contributed by atoms with Gasteiger partial charge in [0.05, 0.1) is 6.61 Å². The fourth-order valence-electron chi connectivity index (χ4n) is 8.50. The van der Waals surface area contributed by atoms with Gasteiger partial charge in [-0.05, 0) is 156 Å². The summed E-state index contributed by atoms with van der Waals surface area (Å²) in [7, 11) is 0. The number of unbranched alkanes of at least 4 members (excludes halogenated alkanes) is 1. The summed E-state index contributed by atoms with van der Waals surface area (Å²) >= 11 is 7.13. The van der Waals surface area contributed by atoms with Crippen LogP contribution in [-0.4, -0.2) is 48.7 Å². The maximum Gasteiger partial charge on any atom is 0.170 e. The Morgan fingerprint density at radius 1 is 0.452 bits per heavy atom. The molecule has 464 valence electrons. The van der Waals surface area contributed by atoms with E-state index < -0.39 is 0 Å². The first kappa shape index (κ1) is 76.8. The van der Waals surface area contributed by atoms with Crippen molar-refractivity contribution in [2.75, 3.05) is 19.8 Å². The van der Waals surface area contributed by atoms with E-state index in [2.05, 4.69) is 160 Å². The lowest BCUT2D eigenvalue weighted by atomic mass is 9.86. The topological polar surface area (TPSA) is 113 Å². The quantitative estimate of drug-likeness (QED) is 0.0443. The van der Waals surface area contributed by atoms with Gasteiger partial charge >= 0.3 is 0 Å². The SMILES string of the molecule is CC(C)CC(=O)COc1ccc(C(C)(C)C)c(Br)c1.CC(C)CC(=O)c1ccc(C(C)(C)C)c(Br)c1.CCCCOc1ccc(C(=O)CC(C)C)cc1.Cc1cc(C)c(C)c(OCC(=O)CC(C)C)c1.Cc1ccc(CC(=O)CC(C)C)cc1. The minimum atomic E-state index is 0.0881. The van der Waals surface area contributed by atoms with Crippen LogP contribution in [0.15, 0.2) is 106 Å². The van der Waals surface area contributed by atoms with E-state index >= 15 is 0 Å². The van der Waals surface area contributed by atoms with Crippen molar-refractivity contribution in [1.82, 2.24) is 0 Å². The second-order valence-electron chi connectivity index (χ2n) is 26.5. The Bertz CT molecular complexity index is 2790. The van der Waals surface area contributed by atoms with E-state index in [1.165, 1.54) is 27.8 Å². The molecule has 84 heavy (non-hydrogen) atoms. The number of hydrogen-bond donors (Lipinski definition) is 0. The minimum Gasteiger partial charge on any atom is -0.494 e. The van der Waals surface area contributed by atoms with E-state index in [0.717, 1.165) is 67.9 Å². The lowest BCUT2D eigenvalue weighted by Gasteiger charge is -2.21. The molecule has 0 N–H and O–H groups in total. The van der Waals surface area contributed by atoms with Crippen molar-refractivity contribution in [1.29, 1.82) is 0 Å². The van der Waals surface area contributed by atoms with Crippen LogP contribution in [0.4, 0.5) is 0 Å². The van der Waals surface area contributed by atoms with Crippen molar-refractivity contribution >= 4 is 60.8 Å². The number of Topliss-reactive ketones (excluding diaryl/α,β-unsaturated/α-hetero) is 5. The molecule has 0 bridgehead atoms. The molecule has 0 aliphatic carbocycles. The Morgan fingerprint density at radius 2 is 0.881 bits per heavy atom. The predicted octanol–water partition coefficient (Wildman–Crippen LogP) is 20.6. The number of ether oxygens (including phenoxy) is 3. The van der Waals surface area contributed by atoms with E-state index in [-0.39, 0.29) is 47.2 Å². The summed E-state index contributed by atoms with van der Waals surface area (Å²) in [5, 5.41) is 0. The fourth-order valence-corrected chi connectivity index (χ4v) is 10.4. The van der Waals surface area contributed by atoms with Gasteiger partial charge < -0.3 is 14.2 Å². The first-order valence-corrected chi connectivity index (χ1v) is 31.9. The Kier molecular flexibility index (Phi) is 35.5. The van der Waals surface area contributed by atoms with Crippen LogP contribution >= 0.6 is 31.9 Å². The molecule has 0 fully saturated rings. The van der Waals surface area contributed by atoms with Crippen LogP contribution in [0.3, 0.4) is 0 Å². The van der Waals surface area contributed by atoms with Crippen LogP contribution in [0.2, 0.25) is 0 Å². The van der Waals surface area contributed by atoms with Gasteiger partial charge in [0.25, 0.3) is 0 Å². The summed E-state index contributed by atoms with van der Waals surface area (Å²) in [6, 6.07) is 31.6. The largest absolute Gasteiger partial charge is 0.494 e. The van der Waals surface area contributed by atoms with Gasteiger partial charge in [0.2, 0.25) is 0 Å². The third kappa shape index (κ3) is 32.9. The molecule has 0 saturated carbocycles. The second-order valence-corrected chi connectivity index (χ2v) is 28.2. The summed E-state index contributed by atoms with van der Waals surface area (Å²) in [5.74, 6) is 5.54. The van der Waals surface area contributed by atoms with Crippen LogP contribution in [0, 0.1) is 57.3 Å². The van der Waals surface area contributed by atoms with E-state index in [0.29, 0.717) is 73.9 Å². The third-order valence-corrected chi connectivity index (χ3v) is 14.3. The summed E-state index contributed by atoms with van der Waals surface area (Å²) in [6.45, 7) is 44.9. The van der Waals surface area contributed by atoms with Crippen molar-refractivity contribution in [2.45, 2.75) is 208 Å². The van der Waals surface area contributed by atoms with Gasteiger partial charge in [0.15, 0.2) is 23.1 Å². The van der Waals surface area contributed by atoms with E-state index in [9.17, 15) is 24.0 Å². The van der Waals surface area contributed by atoms with Crippen LogP contribution in [0.25, 0.3) is 0 Å². The van der Waals surface area contributed by atoms with Gasteiger partial charge in [0.1, 0.15) is 36.2 Å². The highest BCUT2D eigenvalue weighted by Crippen LogP contribution is 2.33. The Hall–Kier alpha value is -5.19. The first-order chi connectivity index (χ1) is 39.0. The molecule has 0 heterocycles. The number of carbonyl (C=O) groups excluding carboxylic acids is 5. The van der Waals surface area contributed by atoms with Crippen molar-refractivity contribution in [3.63, 3.8) is 0 Å². The van der Waals surface area contributed by atoms with Gasteiger partial charge in [-0.25, -0.2) is 0 Å². The summed E-state index contributed by atoms with van der Waals surface area (Å²) < 4.78 is 18.7. The molecule has 0 saturated heterocycles. The van der Waals surface area contributed by atoms with E-state index in [4.69, 9.17) is 14.2 Å². The number of aryl methyl sites for hydroxylation is 3. The molecule has 0 aliphatic heterocycles. The maximum absolute atomic E-state index is 11.9. The molecular weight excluding hydrogens is 1180 g/mol. The summed E-state index contributed by atoms with van der Waals surface area (Å²) in [5.41, 5.74) is 10.1. The second kappa shape index (κ2) is 38.8. The number of rotatable bonds is 24. The van der Waals surface area contributed by atoms with Crippen molar-refractivity contribution in [3.8, 4) is 17.2 Å². The van der Waals surface area contributed by atoms with Gasteiger partial charge in [-0.2, -0.15) is 0 Å². The van der Waals surface area contributed by atoms with Crippen molar-refractivity contribution in [3.05, 3.63) is 156 Å². The zero-order valence-electron chi connectivity index (χ0n) is 55.4. The van der Waals surface area contributed by atoms with Gasteiger partial charge in [-0.3, -0.25) is 24.0 Å². The number of hydrogen-bond acceptors (Lipinski definition) is 8. The molecule has 5 rings (SSSR count). The number of ketones is 5. The lowest BCUT2D eigenvalue weighted by Crippen LogP contribution is -2.14. The normalized spacial score (nSPS) is 11.1. The summed E-state index contributed by atoms with van der Waals surface area (Å²) in [4.78, 5) is 58.4. The first-order valence-electron chi connectivity index (χ1n) is 30.4. The zero-order valence-corrected chi connectivity index (χ0v) is 58.6. The third-order valence-electron chi connectivity index (χ3n) is 13.0. The fraction of sp³-hybridized carbons (Fsp3) is 0.527. The molecular formula is C74H106Br2O8. The molecule has 5 aromatic carbocycles. The number of halogens is 2. The molecule has 0 radical (unpaired) electrons. The average Bonchev–Trinajstić information content (AvgIpc) is 3.28. The molecule has 0 spiro atoms. The predicted molar refractivity (Wildman–Crippen MR) is 360 cm³/mol. The molecule has 8 nitrogen and oxygen atoms in total. The lowest BCUT2D eigenvalue weighted by molar-refractivity contribution is -0.122. The highest BCUT2D eigenvalue weighted by molar-refractivity contribution is 9.10. The highest BCUT2D eigenvalue weighted by atomic mass is 79.9. The number of benzene rings is 5. The molecule has 0 unspecified atom stereocenters. The van der Waals surface area contributed by atoms with Crippen molar-refractivity contribution in [2.24, 2.45) is 29.6 Å². The van der Waals surface area contributed by atoms with Crippen molar-refractivity contribution < 1.29 is 38.2 Å². The van der Waals surface area contributed by atoms with Crippen LogP contribution < -0.4 is 14.2 Å². The Morgan fingerprint density at radius 3 is 1.33 bits per heavy atom. The maximum atomic E-state index is 11.9. The molecule has 10 heteroatoms. The van der Waals surface area contributed by atoms with Crippen LogP contribution in [-0.2, 0) is 31.6 Å². The molecule has 5 aromatic rings.